The third kappa shape index (κ3) is 1.43. The minimum Gasteiger partial charge on any atom is -0.353 e. The number of rotatable bonds is 1. The summed E-state index contributed by atoms with van der Waals surface area (Å²) in [6.45, 7) is 1.12. The van der Waals surface area contributed by atoms with Crippen molar-refractivity contribution in [2.75, 3.05) is 11.4 Å². The van der Waals surface area contributed by atoms with Crippen molar-refractivity contribution in [1.82, 2.24) is 20.2 Å². The molecule has 4 rings (SSSR count). The second kappa shape index (κ2) is 3.93. The predicted molar refractivity (Wildman–Crippen MR) is 69.4 cm³/mol. The fourth-order valence-corrected chi connectivity index (χ4v) is 3.70. The first-order valence-corrected chi connectivity index (χ1v) is 6.84. The number of aromatic amines is 1. The molecule has 2 aromatic heterocycles. The largest absolute Gasteiger partial charge is 0.353 e. The lowest BCUT2D eigenvalue weighted by atomic mass is 9.92. The Hall–Kier alpha value is -1.65. The normalized spacial score (nSPS) is 27.7. The lowest BCUT2D eigenvalue weighted by Gasteiger charge is -2.38. The summed E-state index contributed by atoms with van der Waals surface area (Å²) >= 11 is 0. The maximum atomic E-state index is 4.52. The number of nitrogens with one attached hydrogen (secondary N) is 1. The molecule has 3 heterocycles. The van der Waals surface area contributed by atoms with Crippen LogP contribution in [0.5, 0.6) is 0 Å². The molecule has 5 nitrogen and oxygen atoms in total. The lowest BCUT2D eigenvalue weighted by molar-refractivity contribution is 0.361. The fourth-order valence-electron chi connectivity index (χ4n) is 3.70. The number of anilines is 1. The Bertz CT molecular complexity index is 563. The topological polar surface area (TPSA) is 57.7 Å². The standard InChI is InChI=1S/C13H17N5/c1-3-9-4-2-6-18(11(9)5-1)13-10-7-16-17-12(10)14-8-15-13/h7-9,11H,1-6H2,(H,14,15,16,17)/t9-,11-/m0/s1. The maximum Gasteiger partial charge on any atom is 0.160 e. The zero-order valence-electron chi connectivity index (χ0n) is 10.3. The minimum atomic E-state index is 0.687. The summed E-state index contributed by atoms with van der Waals surface area (Å²) < 4.78 is 0. The summed E-state index contributed by atoms with van der Waals surface area (Å²) in [6, 6.07) is 0.687. The van der Waals surface area contributed by atoms with Crippen LogP contribution >= 0.6 is 0 Å². The zero-order chi connectivity index (χ0) is 11.9. The Balaban J connectivity index is 1.79. The van der Waals surface area contributed by atoms with Gasteiger partial charge in [0.05, 0.1) is 11.6 Å². The molecule has 1 aliphatic heterocycles. The molecule has 2 atom stereocenters. The molecule has 1 saturated carbocycles. The fraction of sp³-hybridized carbons (Fsp3) is 0.615. The van der Waals surface area contributed by atoms with Gasteiger partial charge in [-0.3, -0.25) is 5.10 Å². The van der Waals surface area contributed by atoms with Gasteiger partial charge in [-0.15, -0.1) is 0 Å². The Morgan fingerprint density at radius 1 is 1.17 bits per heavy atom. The number of aromatic nitrogens is 4. The Kier molecular flexibility index (Phi) is 2.25. The van der Waals surface area contributed by atoms with Gasteiger partial charge in [0.25, 0.3) is 0 Å². The van der Waals surface area contributed by atoms with Crippen LogP contribution in [0.4, 0.5) is 5.82 Å². The van der Waals surface area contributed by atoms with E-state index in [1.807, 2.05) is 6.20 Å². The molecule has 2 fully saturated rings. The molecule has 0 aromatic carbocycles. The zero-order valence-corrected chi connectivity index (χ0v) is 10.3. The van der Waals surface area contributed by atoms with Crippen molar-refractivity contribution in [3.05, 3.63) is 12.5 Å². The van der Waals surface area contributed by atoms with E-state index in [1.165, 1.54) is 32.1 Å². The van der Waals surface area contributed by atoms with Gasteiger partial charge in [0, 0.05) is 12.6 Å². The first kappa shape index (κ1) is 10.3. The van der Waals surface area contributed by atoms with Crippen molar-refractivity contribution in [2.45, 2.75) is 38.1 Å². The molecular formula is C13H17N5. The van der Waals surface area contributed by atoms with Crippen LogP contribution in [0.1, 0.15) is 32.1 Å². The van der Waals surface area contributed by atoms with Crippen LogP contribution in [-0.4, -0.2) is 32.8 Å². The highest BCUT2D eigenvalue weighted by Crippen LogP contribution is 2.39. The molecule has 1 aliphatic carbocycles. The SMILES string of the molecule is c1nc(N2CCC[C@@H]3CCC[C@@H]32)c2cn[nH]c2n1. The summed E-state index contributed by atoms with van der Waals surface area (Å²) in [5, 5.41) is 8.08. The van der Waals surface area contributed by atoms with Gasteiger partial charge in [-0.25, -0.2) is 9.97 Å². The van der Waals surface area contributed by atoms with Crippen LogP contribution in [-0.2, 0) is 0 Å². The molecule has 0 bridgehead atoms. The summed E-state index contributed by atoms with van der Waals surface area (Å²) in [4.78, 5) is 11.2. The minimum absolute atomic E-state index is 0.687. The van der Waals surface area contributed by atoms with Gasteiger partial charge in [-0.1, -0.05) is 6.42 Å². The van der Waals surface area contributed by atoms with Crippen LogP contribution in [0.3, 0.4) is 0 Å². The van der Waals surface area contributed by atoms with E-state index < -0.39 is 0 Å². The van der Waals surface area contributed by atoms with Crippen LogP contribution in [0.2, 0.25) is 0 Å². The molecule has 0 radical (unpaired) electrons. The average Bonchev–Trinajstić information content (AvgIpc) is 3.06. The van der Waals surface area contributed by atoms with Gasteiger partial charge in [0.2, 0.25) is 0 Å². The first-order chi connectivity index (χ1) is 8.93. The smallest absolute Gasteiger partial charge is 0.160 e. The summed E-state index contributed by atoms with van der Waals surface area (Å²) in [6.07, 6.45) is 10.2. The van der Waals surface area contributed by atoms with Gasteiger partial charge >= 0.3 is 0 Å². The number of piperidine rings is 1. The summed E-state index contributed by atoms with van der Waals surface area (Å²) in [7, 11) is 0. The van der Waals surface area contributed by atoms with E-state index in [0.29, 0.717) is 6.04 Å². The number of fused-ring (bicyclic) bond motifs is 2. The van der Waals surface area contributed by atoms with Crippen LogP contribution < -0.4 is 4.90 Å². The number of nitrogens with zero attached hydrogens (tertiary/aromatic N) is 4. The van der Waals surface area contributed by atoms with Crippen LogP contribution in [0.15, 0.2) is 12.5 Å². The van der Waals surface area contributed by atoms with E-state index in [2.05, 4.69) is 25.1 Å². The Morgan fingerprint density at radius 2 is 2.11 bits per heavy atom. The van der Waals surface area contributed by atoms with E-state index in [0.717, 1.165) is 29.3 Å². The van der Waals surface area contributed by atoms with Gasteiger partial charge < -0.3 is 4.90 Å². The van der Waals surface area contributed by atoms with Crippen molar-refractivity contribution in [3.63, 3.8) is 0 Å². The van der Waals surface area contributed by atoms with E-state index in [4.69, 9.17) is 0 Å². The Labute approximate surface area is 106 Å². The summed E-state index contributed by atoms with van der Waals surface area (Å²) in [5.74, 6) is 1.95. The monoisotopic (exact) mass is 243 g/mol. The van der Waals surface area contributed by atoms with Gasteiger partial charge in [0.1, 0.15) is 12.1 Å². The molecule has 0 amide bonds. The average molecular weight is 243 g/mol. The quantitative estimate of drug-likeness (QED) is 0.833. The lowest BCUT2D eigenvalue weighted by Crippen LogP contribution is -2.43. The maximum absolute atomic E-state index is 4.52. The third-order valence-corrected chi connectivity index (χ3v) is 4.49. The molecule has 2 aliphatic rings. The molecule has 1 saturated heterocycles. The number of hydrogen-bond donors (Lipinski definition) is 1. The first-order valence-electron chi connectivity index (χ1n) is 6.84. The highest BCUT2D eigenvalue weighted by Gasteiger charge is 2.36. The predicted octanol–water partition coefficient (Wildman–Crippen LogP) is 2.12. The van der Waals surface area contributed by atoms with Crippen molar-refractivity contribution >= 4 is 16.9 Å². The van der Waals surface area contributed by atoms with Crippen LogP contribution in [0.25, 0.3) is 11.0 Å². The van der Waals surface area contributed by atoms with E-state index >= 15 is 0 Å². The molecule has 1 N–H and O–H groups in total. The summed E-state index contributed by atoms with van der Waals surface area (Å²) in [5.41, 5.74) is 0.847. The second-order valence-corrected chi connectivity index (χ2v) is 5.42. The van der Waals surface area contributed by atoms with Gasteiger partial charge in [-0.2, -0.15) is 5.10 Å². The number of hydrogen-bond acceptors (Lipinski definition) is 4. The molecular weight excluding hydrogens is 226 g/mol. The highest BCUT2D eigenvalue weighted by atomic mass is 15.2. The highest BCUT2D eigenvalue weighted by molar-refractivity contribution is 5.86. The van der Waals surface area contributed by atoms with Gasteiger partial charge in [-0.05, 0) is 31.6 Å². The molecule has 18 heavy (non-hydrogen) atoms. The van der Waals surface area contributed by atoms with Gasteiger partial charge in [0.15, 0.2) is 5.65 Å². The van der Waals surface area contributed by atoms with Crippen molar-refractivity contribution in [1.29, 1.82) is 0 Å². The second-order valence-electron chi connectivity index (χ2n) is 5.42. The Morgan fingerprint density at radius 3 is 3.11 bits per heavy atom. The van der Waals surface area contributed by atoms with E-state index in [9.17, 15) is 0 Å². The molecule has 0 spiro atoms. The number of H-pyrrole nitrogens is 1. The van der Waals surface area contributed by atoms with E-state index in [1.54, 1.807) is 6.33 Å². The van der Waals surface area contributed by atoms with Crippen molar-refractivity contribution < 1.29 is 0 Å². The van der Waals surface area contributed by atoms with Crippen molar-refractivity contribution in [3.8, 4) is 0 Å². The molecule has 2 aromatic rings. The van der Waals surface area contributed by atoms with Crippen molar-refractivity contribution in [2.24, 2.45) is 5.92 Å². The molecule has 0 unspecified atom stereocenters. The van der Waals surface area contributed by atoms with E-state index in [-0.39, 0.29) is 0 Å². The van der Waals surface area contributed by atoms with Crippen LogP contribution in [0, 0.1) is 5.92 Å². The molecule has 5 heteroatoms. The third-order valence-electron chi connectivity index (χ3n) is 4.49. The molecule has 94 valence electrons.